The molecule has 0 spiro atoms. The molecule has 0 saturated carbocycles. The number of nitrogen functional groups attached to an aromatic ring is 1. The summed E-state index contributed by atoms with van der Waals surface area (Å²) in [7, 11) is 0. The third-order valence-electron chi connectivity index (χ3n) is 5.27. The number of aromatic amines is 1. The van der Waals surface area contributed by atoms with E-state index >= 15 is 0 Å². The molecule has 3 aromatic rings. The van der Waals surface area contributed by atoms with Crippen LogP contribution in [0.2, 0.25) is 0 Å². The van der Waals surface area contributed by atoms with Crippen LogP contribution in [0.25, 0.3) is 11.3 Å². The second kappa shape index (κ2) is 8.52. The van der Waals surface area contributed by atoms with E-state index in [2.05, 4.69) is 25.3 Å². The number of piperidine rings is 1. The molecule has 0 bridgehead atoms. The van der Waals surface area contributed by atoms with E-state index in [0.717, 1.165) is 30.5 Å². The maximum atomic E-state index is 13.0. The zero-order valence-electron chi connectivity index (χ0n) is 17.1. The molecule has 10 nitrogen and oxygen atoms in total. The molecule has 1 aliphatic heterocycles. The van der Waals surface area contributed by atoms with E-state index in [9.17, 15) is 9.59 Å². The van der Waals surface area contributed by atoms with E-state index in [1.807, 2.05) is 36.1 Å². The standard InChI is InChI=1S/C21H24N8O2/c1-12-5-2-3-7-14(12)15-9-24-18(23)17(26-15)20(30)27-19-16(10-25-21(31)28-19)29-8-4-6-13(22)11-29/h2-3,5,7,9-10,13H,4,6,8,11,22H2,1H3,(H2,23,24)(H2,25,27,28,30,31). The van der Waals surface area contributed by atoms with Gasteiger partial charge in [-0.2, -0.15) is 4.98 Å². The Hall–Kier alpha value is -3.79. The molecular formula is C21H24N8O2. The van der Waals surface area contributed by atoms with Crippen molar-refractivity contribution in [3.63, 3.8) is 0 Å². The Kier molecular flexibility index (Phi) is 5.63. The molecule has 1 unspecified atom stereocenters. The van der Waals surface area contributed by atoms with Crippen LogP contribution in [0.1, 0.15) is 28.9 Å². The first-order valence-electron chi connectivity index (χ1n) is 10.0. The summed E-state index contributed by atoms with van der Waals surface area (Å²) in [6, 6.07) is 7.67. The Labute approximate surface area is 178 Å². The quantitative estimate of drug-likeness (QED) is 0.492. The number of carbonyl (C=O) groups is 1. The number of hydrogen-bond acceptors (Lipinski definition) is 8. The normalized spacial score (nSPS) is 16.2. The lowest BCUT2D eigenvalue weighted by Gasteiger charge is -2.33. The molecule has 0 radical (unpaired) electrons. The highest BCUT2D eigenvalue weighted by molar-refractivity contribution is 6.06. The van der Waals surface area contributed by atoms with Gasteiger partial charge in [0.1, 0.15) is 5.82 Å². The van der Waals surface area contributed by atoms with Crippen molar-refractivity contribution in [3.05, 3.63) is 58.4 Å². The molecule has 6 N–H and O–H groups in total. The van der Waals surface area contributed by atoms with E-state index in [4.69, 9.17) is 11.5 Å². The Balaban J connectivity index is 1.66. The van der Waals surface area contributed by atoms with Crippen LogP contribution in [0.5, 0.6) is 0 Å². The van der Waals surface area contributed by atoms with Gasteiger partial charge in [0.15, 0.2) is 11.5 Å². The van der Waals surface area contributed by atoms with Crippen LogP contribution < -0.4 is 27.4 Å². The second-order valence-electron chi connectivity index (χ2n) is 7.56. The number of carbonyl (C=O) groups excluding carboxylic acids is 1. The summed E-state index contributed by atoms with van der Waals surface area (Å²) in [5, 5.41) is 2.71. The molecule has 1 aromatic carbocycles. The third-order valence-corrected chi connectivity index (χ3v) is 5.27. The summed E-state index contributed by atoms with van der Waals surface area (Å²) in [6.45, 7) is 3.29. The predicted molar refractivity (Wildman–Crippen MR) is 119 cm³/mol. The monoisotopic (exact) mass is 420 g/mol. The molecule has 31 heavy (non-hydrogen) atoms. The number of nitrogens with two attached hydrogens (primary N) is 2. The summed E-state index contributed by atoms with van der Waals surface area (Å²) < 4.78 is 0. The Morgan fingerprint density at radius 1 is 1.26 bits per heavy atom. The topological polar surface area (TPSA) is 156 Å². The maximum Gasteiger partial charge on any atom is 0.346 e. The van der Waals surface area contributed by atoms with Gasteiger partial charge in [0.25, 0.3) is 5.91 Å². The van der Waals surface area contributed by atoms with Crippen LogP contribution in [-0.2, 0) is 0 Å². The smallest absolute Gasteiger partial charge is 0.346 e. The van der Waals surface area contributed by atoms with Gasteiger partial charge < -0.3 is 21.7 Å². The van der Waals surface area contributed by atoms with Crippen molar-refractivity contribution in [2.24, 2.45) is 5.73 Å². The number of hydrogen-bond donors (Lipinski definition) is 4. The minimum Gasteiger partial charge on any atom is -0.382 e. The first kappa shape index (κ1) is 20.5. The van der Waals surface area contributed by atoms with Gasteiger partial charge in [0.2, 0.25) is 0 Å². The van der Waals surface area contributed by atoms with E-state index in [0.29, 0.717) is 17.9 Å². The molecule has 2 aromatic heterocycles. The molecule has 10 heteroatoms. The highest BCUT2D eigenvalue weighted by Crippen LogP contribution is 2.26. The second-order valence-corrected chi connectivity index (χ2v) is 7.56. The molecule has 1 atom stereocenters. The summed E-state index contributed by atoms with van der Waals surface area (Å²) in [6.07, 6.45) is 4.80. The first-order chi connectivity index (χ1) is 14.9. The van der Waals surface area contributed by atoms with Crippen LogP contribution in [0.4, 0.5) is 17.3 Å². The van der Waals surface area contributed by atoms with Gasteiger partial charge in [-0.15, -0.1) is 0 Å². The van der Waals surface area contributed by atoms with Crippen LogP contribution in [0, 0.1) is 6.92 Å². The molecule has 0 aliphatic carbocycles. The SMILES string of the molecule is Cc1ccccc1-c1cnc(N)c(C(=O)Nc2[nH]c(=O)ncc2N2CCCC(N)C2)n1. The lowest BCUT2D eigenvalue weighted by atomic mass is 10.1. The molecular weight excluding hydrogens is 396 g/mol. The van der Waals surface area contributed by atoms with Crippen molar-refractivity contribution in [2.45, 2.75) is 25.8 Å². The van der Waals surface area contributed by atoms with Crippen LogP contribution in [-0.4, -0.2) is 45.0 Å². The van der Waals surface area contributed by atoms with Crippen molar-refractivity contribution >= 4 is 23.2 Å². The van der Waals surface area contributed by atoms with E-state index in [1.165, 1.54) is 12.4 Å². The van der Waals surface area contributed by atoms with Gasteiger partial charge in [0.05, 0.1) is 23.8 Å². The van der Waals surface area contributed by atoms with Gasteiger partial charge in [-0.3, -0.25) is 9.78 Å². The number of nitrogens with zero attached hydrogens (tertiary/aromatic N) is 4. The van der Waals surface area contributed by atoms with Gasteiger partial charge in [-0.25, -0.2) is 14.8 Å². The van der Waals surface area contributed by atoms with Gasteiger partial charge in [0, 0.05) is 24.7 Å². The van der Waals surface area contributed by atoms with Crippen molar-refractivity contribution in [3.8, 4) is 11.3 Å². The zero-order chi connectivity index (χ0) is 22.0. The highest BCUT2D eigenvalue weighted by atomic mass is 16.2. The molecule has 1 saturated heterocycles. The van der Waals surface area contributed by atoms with E-state index in [-0.39, 0.29) is 23.4 Å². The number of nitrogens with one attached hydrogen (secondary N) is 2. The van der Waals surface area contributed by atoms with E-state index in [1.54, 1.807) is 0 Å². The molecule has 4 rings (SSSR count). The summed E-state index contributed by atoms with van der Waals surface area (Å²) in [4.78, 5) is 41.8. The molecule has 3 heterocycles. The molecule has 160 valence electrons. The lowest BCUT2D eigenvalue weighted by molar-refractivity contribution is 0.102. The number of benzene rings is 1. The Morgan fingerprint density at radius 3 is 2.84 bits per heavy atom. The van der Waals surface area contributed by atoms with Gasteiger partial charge in [-0.05, 0) is 25.3 Å². The number of amides is 1. The van der Waals surface area contributed by atoms with E-state index < -0.39 is 11.6 Å². The van der Waals surface area contributed by atoms with Crippen LogP contribution in [0.15, 0.2) is 41.5 Å². The summed E-state index contributed by atoms with van der Waals surface area (Å²) >= 11 is 0. The van der Waals surface area contributed by atoms with Gasteiger partial charge in [-0.1, -0.05) is 24.3 Å². The average Bonchev–Trinajstić information content (AvgIpc) is 2.74. The maximum absolute atomic E-state index is 13.0. The third kappa shape index (κ3) is 4.38. The molecule has 1 fully saturated rings. The fourth-order valence-corrected chi connectivity index (χ4v) is 3.68. The Morgan fingerprint density at radius 2 is 2.06 bits per heavy atom. The molecule has 1 aliphatic rings. The fourth-order valence-electron chi connectivity index (χ4n) is 3.68. The predicted octanol–water partition coefficient (Wildman–Crippen LogP) is 1.30. The average molecular weight is 420 g/mol. The fraction of sp³-hybridized carbons (Fsp3) is 0.286. The largest absolute Gasteiger partial charge is 0.382 e. The van der Waals surface area contributed by atoms with Crippen LogP contribution >= 0.6 is 0 Å². The number of rotatable bonds is 4. The highest BCUT2D eigenvalue weighted by Gasteiger charge is 2.23. The number of aryl methyl sites for hydroxylation is 1. The Bertz CT molecular complexity index is 1180. The first-order valence-corrected chi connectivity index (χ1v) is 10.0. The minimum atomic E-state index is -0.579. The summed E-state index contributed by atoms with van der Waals surface area (Å²) in [5.41, 5.74) is 14.4. The van der Waals surface area contributed by atoms with Crippen molar-refractivity contribution < 1.29 is 4.79 Å². The van der Waals surface area contributed by atoms with Crippen molar-refractivity contribution in [2.75, 3.05) is 29.0 Å². The zero-order valence-corrected chi connectivity index (χ0v) is 17.1. The van der Waals surface area contributed by atoms with Gasteiger partial charge >= 0.3 is 5.69 Å². The van der Waals surface area contributed by atoms with Crippen molar-refractivity contribution in [1.29, 1.82) is 0 Å². The minimum absolute atomic E-state index is 0.00668. The van der Waals surface area contributed by atoms with Crippen molar-refractivity contribution in [1.82, 2.24) is 19.9 Å². The number of anilines is 3. The van der Waals surface area contributed by atoms with Crippen LogP contribution in [0.3, 0.4) is 0 Å². The molecule has 1 amide bonds. The number of aromatic nitrogens is 4. The number of H-pyrrole nitrogens is 1. The lowest BCUT2D eigenvalue weighted by Crippen LogP contribution is -2.43. The summed E-state index contributed by atoms with van der Waals surface area (Å²) in [5.74, 6) is -0.362.